The highest BCUT2D eigenvalue weighted by atomic mass is 32.1. The predicted molar refractivity (Wildman–Crippen MR) is 77.2 cm³/mol. The summed E-state index contributed by atoms with van der Waals surface area (Å²) in [5.41, 5.74) is 0.445. The van der Waals surface area contributed by atoms with Crippen molar-refractivity contribution in [3.63, 3.8) is 0 Å². The molecule has 1 saturated heterocycles. The van der Waals surface area contributed by atoms with Gasteiger partial charge in [-0.2, -0.15) is 16.4 Å². The summed E-state index contributed by atoms with van der Waals surface area (Å²) < 4.78 is 15.0. The third kappa shape index (κ3) is 2.14. The third-order valence-corrected chi connectivity index (χ3v) is 4.80. The largest absolute Gasteiger partial charge is 0.505 e. The Hall–Kier alpha value is -1.11. The van der Waals surface area contributed by atoms with Crippen molar-refractivity contribution in [1.82, 2.24) is 9.78 Å². The van der Waals surface area contributed by atoms with Crippen LogP contribution in [0.25, 0.3) is 5.69 Å². The molecule has 2 aromatic rings. The first-order valence-corrected chi connectivity index (χ1v) is 7.21. The van der Waals surface area contributed by atoms with Crippen molar-refractivity contribution >= 4 is 23.2 Å². The van der Waals surface area contributed by atoms with Gasteiger partial charge in [0, 0.05) is 22.6 Å². The lowest BCUT2D eigenvalue weighted by molar-refractivity contribution is 0.00578. The van der Waals surface area contributed by atoms with Crippen molar-refractivity contribution in [2.45, 2.75) is 38.9 Å². The highest BCUT2D eigenvalue weighted by Gasteiger charge is 2.52. The molecule has 0 saturated carbocycles. The van der Waals surface area contributed by atoms with Gasteiger partial charge >= 0.3 is 7.12 Å². The van der Waals surface area contributed by atoms with E-state index in [4.69, 9.17) is 9.31 Å². The van der Waals surface area contributed by atoms with E-state index < -0.39 is 0 Å². The van der Waals surface area contributed by atoms with Gasteiger partial charge in [0.1, 0.15) is 0 Å². The molecule has 0 aromatic carbocycles. The van der Waals surface area contributed by atoms with E-state index in [1.54, 1.807) is 17.5 Å². The lowest BCUT2D eigenvalue weighted by Gasteiger charge is -2.32. The van der Waals surface area contributed by atoms with Crippen LogP contribution in [0.1, 0.15) is 27.7 Å². The Morgan fingerprint density at radius 3 is 2.47 bits per heavy atom. The molecule has 0 amide bonds. The maximum absolute atomic E-state index is 6.04. The molecule has 0 radical (unpaired) electrons. The van der Waals surface area contributed by atoms with Crippen molar-refractivity contribution in [3.05, 3.63) is 29.9 Å². The van der Waals surface area contributed by atoms with Crippen LogP contribution in [0.3, 0.4) is 0 Å². The number of hydrogen-bond donors (Lipinski definition) is 0. The van der Waals surface area contributed by atoms with Crippen molar-refractivity contribution in [1.29, 1.82) is 0 Å². The van der Waals surface area contributed by atoms with Gasteiger partial charge in [0.2, 0.25) is 0 Å². The van der Waals surface area contributed by atoms with E-state index >= 15 is 0 Å². The molecule has 1 fully saturated rings. The van der Waals surface area contributed by atoms with Crippen molar-refractivity contribution in [2.24, 2.45) is 0 Å². The number of rotatable bonds is 2. The van der Waals surface area contributed by atoms with E-state index in [9.17, 15) is 0 Å². The maximum Gasteiger partial charge on any atom is 0.505 e. The van der Waals surface area contributed by atoms with E-state index in [1.165, 1.54) is 0 Å². The maximum atomic E-state index is 6.04. The highest BCUT2D eigenvalue weighted by molar-refractivity contribution is 7.21. The molecule has 4 nitrogen and oxygen atoms in total. The number of aromatic nitrogens is 2. The van der Waals surface area contributed by atoms with Crippen LogP contribution >= 0.6 is 11.3 Å². The molecule has 0 bridgehead atoms. The second-order valence-electron chi connectivity index (χ2n) is 5.75. The minimum Gasteiger partial charge on any atom is -0.399 e. The van der Waals surface area contributed by atoms with Gasteiger partial charge in [0.25, 0.3) is 0 Å². The summed E-state index contributed by atoms with van der Waals surface area (Å²) >= 11 is 1.64. The topological polar surface area (TPSA) is 36.3 Å². The zero-order valence-corrected chi connectivity index (χ0v) is 12.4. The molecule has 3 rings (SSSR count). The molecule has 1 aliphatic heterocycles. The summed E-state index contributed by atoms with van der Waals surface area (Å²) in [5.74, 6) is 0. The van der Waals surface area contributed by atoms with Crippen LogP contribution in [-0.2, 0) is 9.31 Å². The number of thiophene rings is 1. The Kier molecular flexibility index (Phi) is 2.85. The Labute approximate surface area is 117 Å². The number of nitrogens with zero attached hydrogens (tertiary/aromatic N) is 2. The van der Waals surface area contributed by atoms with Gasteiger partial charge in [-0.05, 0) is 39.8 Å². The standard InChI is InChI=1S/C13H17BN2O2S/c1-12(2)13(3,4)18-14(17-12)11-8-10(9-19-11)16-7-5-6-15-16/h5-9H,1-4H3. The normalized spacial score (nSPS) is 20.9. The van der Waals surface area contributed by atoms with Crippen LogP contribution in [0.5, 0.6) is 0 Å². The lowest BCUT2D eigenvalue weighted by Crippen LogP contribution is -2.41. The van der Waals surface area contributed by atoms with Crippen LogP contribution in [0.4, 0.5) is 0 Å². The molecule has 19 heavy (non-hydrogen) atoms. The summed E-state index contributed by atoms with van der Waals surface area (Å²) in [6.45, 7) is 8.26. The van der Waals surface area contributed by atoms with Crippen molar-refractivity contribution < 1.29 is 9.31 Å². The fourth-order valence-electron chi connectivity index (χ4n) is 1.97. The van der Waals surface area contributed by atoms with Gasteiger partial charge in [-0.3, -0.25) is 0 Å². The molecule has 3 heterocycles. The summed E-state index contributed by atoms with van der Waals surface area (Å²) in [6.07, 6.45) is 3.70. The zero-order chi connectivity index (χ0) is 13.7. The first-order valence-electron chi connectivity index (χ1n) is 6.33. The molecule has 6 heteroatoms. The quantitative estimate of drug-likeness (QED) is 0.789. The van der Waals surface area contributed by atoms with Crippen LogP contribution in [0.2, 0.25) is 0 Å². The minimum absolute atomic E-state index is 0.292. The molecule has 0 N–H and O–H groups in total. The number of hydrogen-bond acceptors (Lipinski definition) is 4. The molecule has 0 unspecified atom stereocenters. The fourth-order valence-corrected chi connectivity index (χ4v) is 2.80. The minimum atomic E-state index is -0.298. The summed E-state index contributed by atoms with van der Waals surface area (Å²) in [4.78, 5) is 0. The molecule has 2 aromatic heterocycles. The Bertz CT molecular complexity index is 561. The molecule has 1 aliphatic rings. The molecule has 100 valence electrons. The van der Waals surface area contributed by atoms with E-state index in [0.717, 1.165) is 10.5 Å². The van der Waals surface area contributed by atoms with E-state index in [-0.39, 0.29) is 18.3 Å². The first kappa shape index (κ1) is 12.9. The summed E-state index contributed by atoms with van der Waals surface area (Å²) in [7, 11) is -0.292. The molecule has 0 atom stereocenters. The Balaban J connectivity index is 1.85. The average molecular weight is 276 g/mol. The fraction of sp³-hybridized carbons (Fsp3) is 0.462. The van der Waals surface area contributed by atoms with E-state index in [0.29, 0.717) is 0 Å². The summed E-state index contributed by atoms with van der Waals surface area (Å²) in [5, 5.41) is 6.29. The van der Waals surface area contributed by atoms with Crippen LogP contribution < -0.4 is 4.78 Å². The van der Waals surface area contributed by atoms with Gasteiger partial charge in [0.15, 0.2) is 0 Å². The molecular formula is C13H17BN2O2S. The van der Waals surface area contributed by atoms with Crippen LogP contribution in [0, 0.1) is 0 Å². The third-order valence-electron chi connectivity index (χ3n) is 3.86. The second-order valence-corrected chi connectivity index (χ2v) is 6.69. The van der Waals surface area contributed by atoms with Crippen LogP contribution in [-0.4, -0.2) is 28.1 Å². The van der Waals surface area contributed by atoms with Gasteiger partial charge in [-0.15, -0.1) is 0 Å². The monoisotopic (exact) mass is 276 g/mol. The van der Waals surface area contributed by atoms with Crippen molar-refractivity contribution in [3.8, 4) is 5.69 Å². The van der Waals surface area contributed by atoms with Crippen LogP contribution in [0.15, 0.2) is 29.9 Å². The van der Waals surface area contributed by atoms with Gasteiger partial charge in [0.05, 0.1) is 16.9 Å². The smallest absolute Gasteiger partial charge is 0.399 e. The lowest BCUT2D eigenvalue weighted by atomic mass is 9.88. The zero-order valence-electron chi connectivity index (χ0n) is 11.6. The molecule has 0 aliphatic carbocycles. The SMILES string of the molecule is CC1(C)OB(c2cc(-n3cccn3)cs2)OC1(C)C. The van der Waals surface area contributed by atoms with Gasteiger partial charge in [-0.25, -0.2) is 4.68 Å². The summed E-state index contributed by atoms with van der Waals surface area (Å²) in [6, 6.07) is 3.98. The van der Waals surface area contributed by atoms with E-state index in [2.05, 4.69) is 44.2 Å². The van der Waals surface area contributed by atoms with E-state index in [1.807, 2.05) is 16.9 Å². The average Bonchev–Trinajstić information content (AvgIpc) is 3.00. The second kappa shape index (κ2) is 4.20. The molecular weight excluding hydrogens is 259 g/mol. The predicted octanol–water partition coefficient (Wildman–Crippen LogP) is 2.23. The molecule has 0 spiro atoms. The highest BCUT2D eigenvalue weighted by Crippen LogP contribution is 2.36. The van der Waals surface area contributed by atoms with Crippen molar-refractivity contribution in [2.75, 3.05) is 0 Å². The van der Waals surface area contributed by atoms with Gasteiger partial charge < -0.3 is 9.31 Å². The first-order chi connectivity index (χ1) is 8.89. The van der Waals surface area contributed by atoms with Gasteiger partial charge in [-0.1, -0.05) is 0 Å². The Morgan fingerprint density at radius 1 is 1.21 bits per heavy atom. The Morgan fingerprint density at radius 2 is 1.89 bits per heavy atom.